The van der Waals surface area contributed by atoms with Crippen LogP contribution >= 0.6 is 23.1 Å². The third-order valence-corrected chi connectivity index (χ3v) is 7.15. The van der Waals surface area contributed by atoms with Crippen LogP contribution in [-0.4, -0.2) is 32.5 Å². The highest BCUT2D eigenvalue weighted by molar-refractivity contribution is 7.99. The fourth-order valence-corrected chi connectivity index (χ4v) is 5.43. The molecule has 9 heteroatoms. The molecule has 7 nitrogen and oxygen atoms in total. The number of amides is 1. The number of nitrogens with one attached hydrogen (secondary N) is 1. The molecule has 5 rings (SSSR count). The lowest BCUT2D eigenvalue weighted by atomic mass is 10.1. The number of rotatable bonds is 7. The van der Waals surface area contributed by atoms with E-state index in [1.807, 2.05) is 66.0 Å². The number of thioether (sulfide) groups is 1. The minimum absolute atomic E-state index is 0.000189. The fourth-order valence-electron chi connectivity index (χ4n) is 3.64. The zero-order valence-electron chi connectivity index (χ0n) is 18.9. The number of carbonyl (C=O) groups is 1. The predicted molar refractivity (Wildman–Crippen MR) is 145 cm³/mol. The molecule has 2 heterocycles. The largest absolute Gasteiger partial charge is 0.507 e. The zero-order valence-corrected chi connectivity index (χ0v) is 20.5. The van der Waals surface area contributed by atoms with Gasteiger partial charge < -0.3 is 5.11 Å². The van der Waals surface area contributed by atoms with E-state index < -0.39 is 0 Å². The molecule has 3 aromatic carbocycles. The zero-order chi connectivity index (χ0) is 24.9. The van der Waals surface area contributed by atoms with Crippen molar-refractivity contribution >= 4 is 45.4 Å². The molecule has 2 aromatic heterocycles. The maximum Gasteiger partial charge on any atom is 0.268 e. The van der Waals surface area contributed by atoms with Crippen molar-refractivity contribution in [2.45, 2.75) is 5.16 Å². The Morgan fingerprint density at radius 1 is 1.03 bits per heavy atom. The summed E-state index contributed by atoms with van der Waals surface area (Å²) < 4.78 is 1.55. The van der Waals surface area contributed by atoms with Gasteiger partial charge in [-0.1, -0.05) is 72.4 Å². The topological polar surface area (TPSA) is 96.6 Å². The first kappa shape index (κ1) is 23.5. The maximum absolute atomic E-state index is 13.8. The molecule has 0 bridgehead atoms. The molecule has 1 amide bonds. The Kier molecular flexibility index (Phi) is 6.92. The molecule has 0 atom stereocenters. The van der Waals surface area contributed by atoms with Crippen molar-refractivity contribution in [3.05, 3.63) is 106 Å². The Labute approximate surface area is 214 Å². The molecule has 0 radical (unpaired) electrons. The summed E-state index contributed by atoms with van der Waals surface area (Å²) in [5.41, 5.74) is 5.21. The van der Waals surface area contributed by atoms with E-state index in [9.17, 15) is 14.7 Å². The summed E-state index contributed by atoms with van der Waals surface area (Å²) in [6.45, 7) is 0. The van der Waals surface area contributed by atoms with Crippen LogP contribution in [-0.2, 0) is 4.79 Å². The quantitative estimate of drug-likeness (QED) is 0.138. The number of aromatic hydroxyl groups is 1. The molecule has 0 spiro atoms. The monoisotopic (exact) mass is 512 g/mol. The number of thiophene rings is 1. The standard InChI is InChI=1S/C27H20N4O3S2/c32-22-14-8-7-11-19(22)15-28-30-23(33)17-36-27-29-25-24(21(16-35-25)18-9-3-1-4-10-18)26(34)31(27)20-12-5-2-6-13-20/h1-16,32H,17H2,(H,30,33). The van der Waals surface area contributed by atoms with Crippen LogP contribution in [0, 0.1) is 0 Å². The Bertz CT molecular complexity index is 1610. The van der Waals surface area contributed by atoms with E-state index in [4.69, 9.17) is 4.98 Å². The fraction of sp³-hybridized carbons (Fsp3) is 0.0370. The predicted octanol–water partition coefficient (Wildman–Crippen LogP) is 5.06. The van der Waals surface area contributed by atoms with Crippen LogP contribution < -0.4 is 11.0 Å². The first-order chi connectivity index (χ1) is 17.6. The van der Waals surface area contributed by atoms with Crippen LogP contribution in [0.2, 0.25) is 0 Å². The Morgan fingerprint density at radius 3 is 2.47 bits per heavy atom. The molecule has 0 unspecified atom stereocenters. The smallest absolute Gasteiger partial charge is 0.268 e. The second-order valence-corrected chi connectivity index (χ2v) is 9.51. The van der Waals surface area contributed by atoms with Crippen molar-refractivity contribution in [1.29, 1.82) is 0 Å². The first-order valence-corrected chi connectivity index (χ1v) is 12.9. The molecule has 178 valence electrons. The second-order valence-electron chi connectivity index (χ2n) is 7.71. The van der Waals surface area contributed by atoms with Gasteiger partial charge in [0.1, 0.15) is 10.6 Å². The Hall–Kier alpha value is -4.21. The number of phenols is 1. The number of hydrogen-bond acceptors (Lipinski definition) is 7. The summed E-state index contributed by atoms with van der Waals surface area (Å²) in [6.07, 6.45) is 1.37. The summed E-state index contributed by atoms with van der Waals surface area (Å²) in [4.78, 5) is 31.6. The van der Waals surface area contributed by atoms with Crippen molar-refractivity contribution in [2.75, 3.05) is 5.75 Å². The second kappa shape index (κ2) is 10.6. The number of phenolic OH excluding ortho intramolecular Hbond substituents is 1. The lowest BCUT2D eigenvalue weighted by Crippen LogP contribution is -2.24. The molecule has 0 fully saturated rings. The normalized spacial score (nSPS) is 11.2. The number of benzene rings is 3. The van der Waals surface area contributed by atoms with Crippen LogP contribution in [0.5, 0.6) is 5.75 Å². The average Bonchev–Trinajstić information content (AvgIpc) is 3.34. The summed E-state index contributed by atoms with van der Waals surface area (Å²) >= 11 is 2.56. The van der Waals surface area contributed by atoms with Gasteiger partial charge >= 0.3 is 0 Å². The average molecular weight is 513 g/mol. The van der Waals surface area contributed by atoms with Gasteiger partial charge in [0.15, 0.2) is 5.16 Å². The Morgan fingerprint density at radius 2 is 1.72 bits per heavy atom. The van der Waals surface area contributed by atoms with Crippen molar-refractivity contribution < 1.29 is 9.90 Å². The third kappa shape index (κ3) is 4.93. The first-order valence-electron chi connectivity index (χ1n) is 11.0. The van der Waals surface area contributed by atoms with E-state index in [1.54, 1.807) is 22.8 Å². The van der Waals surface area contributed by atoms with Gasteiger partial charge in [0.2, 0.25) is 0 Å². The van der Waals surface area contributed by atoms with Crippen molar-refractivity contribution in [3.8, 4) is 22.6 Å². The minimum Gasteiger partial charge on any atom is -0.507 e. The van der Waals surface area contributed by atoms with Gasteiger partial charge in [-0.25, -0.2) is 10.4 Å². The van der Waals surface area contributed by atoms with E-state index >= 15 is 0 Å². The lowest BCUT2D eigenvalue weighted by Gasteiger charge is -2.12. The van der Waals surface area contributed by atoms with Crippen molar-refractivity contribution in [2.24, 2.45) is 5.10 Å². The highest BCUT2D eigenvalue weighted by Crippen LogP contribution is 2.32. The van der Waals surface area contributed by atoms with E-state index in [0.717, 1.165) is 22.9 Å². The molecule has 0 saturated heterocycles. The number of aromatic nitrogens is 2. The third-order valence-electron chi connectivity index (χ3n) is 5.34. The Balaban J connectivity index is 1.45. The van der Waals surface area contributed by atoms with Crippen LogP contribution in [0.1, 0.15) is 5.56 Å². The lowest BCUT2D eigenvalue weighted by molar-refractivity contribution is -0.118. The van der Waals surface area contributed by atoms with Crippen LogP contribution in [0.4, 0.5) is 0 Å². The number of fused-ring (bicyclic) bond motifs is 1. The molecular weight excluding hydrogens is 492 g/mol. The molecule has 5 aromatic rings. The highest BCUT2D eigenvalue weighted by atomic mass is 32.2. The van der Waals surface area contributed by atoms with Gasteiger partial charge in [-0.2, -0.15) is 5.10 Å². The van der Waals surface area contributed by atoms with Crippen molar-refractivity contribution in [1.82, 2.24) is 15.0 Å². The van der Waals surface area contributed by atoms with Gasteiger partial charge in [-0.3, -0.25) is 14.2 Å². The van der Waals surface area contributed by atoms with Gasteiger partial charge in [-0.15, -0.1) is 11.3 Å². The number of para-hydroxylation sites is 2. The number of hydrogen-bond donors (Lipinski definition) is 2. The van der Waals surface area contributed by atoms with Gasteiger partial charge in [0.25, 0.3) is 11.5 Å². The molecule has 0 aliphatic rings. The van der Waals surface area contributed by atoms with Crippen LogP contribution in [0.3, 0.4) is 0 Å². The molecule has 0 aliphatic heterocycles. The molecule has 0 aliphatic carbocycles. The number of carbonyl (C=O) groups excluding carboxylic acids is 1. The molecule has 0 saturated carbocycles. The number of hydrazone groups is 1. The highest BCUT2D eigenvalue weighted by Gasteiger charge is 2.19. The molecule has 36 heavy (non-hydrogen) atoms. The molecule has 2 N–H and O–H groups in total. The van der Waals surface area contributed by atoms with Gasteiger partial charge in [0, 0.05) is 16.5 Å². The minimum atomic E-state index is -0.364. The SMILES string of the molecule is O=C(CSc1nc2scc(-c3ccccc3)c2c(=O)n1-c1ccccc1)NN=Cc1ccccc1O. The number of nitrogens with zero attached hydrogens (tertiary/aromatic N) is 3. The molecular formula is C27H20N4O3S2. The van der Waals surface area contributed by atoms with E-state index in [-0.39, 0.29) is 23.0 Å². The van der Waals surface area contributed by atoms with E-state index in [0.29, 0.717) is 26.6 Å². The summed E-state index contributed by atoms with van der Waals surface area (Å²) in [6, 6.07) is 25.7. The van der Waals surface area contributed by atoms with Gasteiger partial charge in [0.05, 0.1) is 23.0 Å². The summed E-state index contributed by atoms with van der Waals surface area (Å²) in [5, 5.41) is 16.6. The van der Waals surface area contributed by atoms with Crippen molar-refractivity contribution in [3.63, 3.8) is 0 Å². The summed E-state index contributed by atoms with van der Waals surface area (Å²) in [7, 11) is 0. The van der Waals surface area contributed by atoms with Crippen LogP contribution in [0.25, 0.3) is 27.0 Å². The van der Waals surface area contributed by atoms with E-state index in [1.165, 1.54) is 23.6 Å². The maximum atomic E-state index is 13.8. The summed E-state index contributed by atoms with van der Waals surface area (Å²) in [5.74, 6) is -0.295. The van der Waals surface area contributed by atoms with Crippen LogP contribution in [0.15, 0.2) is 105 Å². The van der Waals surface area contributed by atoms with Gasteiger partial charge in [-0.05, 0) is 29.8 Å². The van der Waals surface area contributed by atoms with E-state index in [2.05, 4.69) is 10.5 Å².